The summed E-state index contributed by atoms with van der Waals surface area (Å²) in [5, 5.41) is 0.506. The highest BCUT2D eigenvalue weighted by atomic mass is 19.4. The number of halogens is 3. The van der Waals surface area contributed by atoms with Crippen LogP contribution < -0.4 is 5.73 Å². The third-order valence-corrected chi connectivity index (χ3v) is 3.06. The maximum atomic E-state index is 12.9. The van der Waals surface area contributed by atoms with Crippen LogP contribution in [0.3, 0.4) is 0 Å². The summed E-state index contributed by atoms with van der Waals surface area (Å²) in [6, 6.07) is 9.06. The maximum Gasteiger partial charge on any atom is 0.418 e. The molecule has 1 aromatic carbocycles. The van der Waals surface area contributed by atoms with Crippen LogP contribution in [0.4, 0.5) is 19.0 Å². The van der Waals surface area contributed by atoms with E-state index in [0.29, 0.717) is 22.5 Å². The molecule has 3 rings (SSSR count). The molecule has 0 radical (unpaired) electrons. The van der Waals surface area contributed by atoms with Crippen molar-refractivity contribution in [3.05, 3.63) is 48.2 Å². The fourth-order valence-corrected chi connectivity index (χ4v) is 2.11. The van der Waals surface area contributed by atoms with Crippen molar-refractivity contribution in [3.63, 3.8) is 0 Å². The molecule has 2 heterocycles. The number of aromatic amines is 1. The number of nitrogens with zero attached hydrogens (tertiary/aromatic N) is 1. The molecular formula is C14H10F3N3. The van der Waals surface area contributed by atoms with Crippen LogP contribution in [0.1, 0.15) is 5.56 Å². The molecule has 0 aliphatic heterocycles. The predicted octanol–water partition coefficient (Wildman–Crippen LogP) is 3.83. The average molecular weight is 277 g/mol. The summed E-state index contributed by atoms with van der Waals surface area (Å²) in [6.07, 6.45) is -2.87. The summed E-state index contributed by atoms with van der Waals surface area (Å²) in [5.41, 5.74) is 6.15. The molecule has 3 N–H and O–H groups in total. The molecule has 0 saturated carbocycles. The summed E-state index contributed by atoms with van der Waals surface area (Å²) in [5.74, 6) is 0.362. The van der Waals surface area contributed by atoms with Crippen LogP contribution in [0, 0.1) is 0 Å². The van der Waals surface area contributed by atoms with Crippen molar-refractivity contribution in [2.75, 3.05) is 5.73 Å². The number of alkyl halides is 3. The lowest BCUT2D eigenvalue weighted by Gasteiger charge is -2.07. The molecule has 0 atom stereocenters. The topological polar surface area (TPSA) is 54.7 Å². The highest BCUT2D eigenvalue weighted by molar-refractivity contribution is 5.88. The first kappa shape index (κ1) is 12.5. The fraction of sp³-hybridized carbons (Fsp3) is 0.0714. The van der Waals surface area contributed by atoms with Gasteiger partial charge in [-0.2, -0.15) is 13.2 Å². The number of nitrogen functional groups attached to an aromatic ring is 1. The molecule has 0 bridgehead atoms. The zero-order valence-corrected chi connectivity index (χ0v) is 10.2. The van der Waals surface area contributed by atoms with Gasteiger partial charge in [-0.05, 0) is 24.3 Å². The van der Waals surface area contributed by atoms with Crippen molar-refractivity contribution in [2.24, 2.45) is 0 Å². The molecule has 0 spiro atoms. The highest BCUT2D eigenvalue weighted by Gasteiger charge is 2.33. The minimum absolute atomic E-state index is 0.0758. The molecule has 0 fully saturated rings. The second kappa shape index (κ2) is 4.26. The van der Waals surface area contributed by atoms with Crippen LogP contribution in [0.2, 0.25) is 0 Å². The van der Waals surface area contributed by atoms with E-state index in [2.05, 4.69) is 9.97 Å². The van der Waals surface area contributed by atoms with Crippen LogP contribution in [-0.4, -0.2) is 9.97 Å². The first-order valence-corrected chi connectivity index (χ1v) is 5.86. The Kier molecular flexibility index (Phi) is 2.67. The number of fused-ring (bicyclic) bond motifs is 1. The monoisotopic (exact) mass is 277 g/mol. The molecular weight excluding hydrogens is 267 g/mol. The van der Waals surface area contributed by atoms with Gasteiger partial charge in [0.25, 0.3) is 0 Å². The smallest absolute Gasteiger partial charge is 0.384 e. The Morgan fingerprint density at radius 3 is 2.55 bits per heavy atom. The van der Waals surface area contributed by atoms with Crippen LogP contribution in [-0.2, 0) is 6.18 Å². The lowest BCUT2D eigenvalue weighted by Crippen LogP contribution is -2.05. The van der Waals surface area contributed by atoms with Crippen molar-refractivity contribution >= 4 is 16.7 Å². The van der Waals surface area contributed by atoms with Crippen LogP contribution in [0.15, 0.2) is 42.6 Å². The Morgan fingerprint density at radius 2 is 1.90 bits per heavy atom. The molecule has 102 valence electrons. The van der Waals surface area contributed by atoms with Gasteiger partial charge < -0.3 is 10.7 Å². The van der Waals surface area contributed by atoms with Gasteiger partial charge in [0.1, 0.15) is 5.82 Å². The number of aromatic nitrogens is 2. The fourth-order valence-electron chi connectivity index (χ4n) is 2.11. The molecule has 20 heavy (non-hydrogen) atoms. The second-order valence-corrected chi connectivity index (χ2v) is 4.42. The number of nitrogens with two attached hydrogens (primary N) is 1. The van der Waals surface area contributed by atoms with Crippen molar-refractivity contribution < 1.29 is 13.2 Å². The van der Waals surface area contributed by atoms with E-state index in [1.54, 1.807) is 24.3 Å². The van der Waals surface area contributed by atoms with Gasteiger partial charge in [-0.1, -0.05) is 12.1 Å². The lowest BCUT2D eigenvalue weighted by atomic mass is 10.1. The first-order valence-electron chi connectivity index (χ1n) is 5.86. The van der Waals surface area contributed by atoms with Gasteiger partial charge in [-0.25, -0.2) is 4.98 Å². The average Bonchev–Trinajstić information content (AvgIpc) is 2.81. The zero-order chi connectivity index (χ0) is 14.3. The molecule has 0 aliphatic rings. The number of anilines is 1. The van der Waals surface area contributed by atoms with Crippen LogP contribution >= 0.6 is 0 Å². The van der Waals surface area contributed by atoms with Gasteiger partial charge in [0, 0.05) is 22.8 Å². The Labute approximate surface area is 112 Å². The van der Waals surface area contributed by atoms with E-state index < -0.39 is 11.7 Å². The van der Waals surface area contributed by atoms with Crippen molar-refractivity contribution in [1.82, 2.24) is 9.97 Å². The molecule has 0 saturated heterocycles. The predicted molar refractivity (Wildman–Crippen MR) is 70.9 cm³/mol. The number of benzene rings is 1. The molecule has 3 aromatic rings. The second-order valence-electron chi connectivity index (χ2n) is 4.42. The highest BCUT2D eigenvalue weighted by Crippen LogP contribution is 2.35. The van der Waals surface area contributed by atoms with Crippen molar-refractivity contribution in [1.29, 1.82) is 0 Å². The number of hydrogen-bond acceptors (Lipinski definition) is 2. The quantitative estimate of drug-likeness (QED) is 0.710. The van der Waals surface area contributed by atoms with E-state index in [0.717, 1.165) is 6.07 Å². The van der Waals surface area contributed by atoms with Crippen molar-refractivity contribution in [2.45, 2.75) is 6.18 Å². The van der Waals surface area contributed by atoms with Gasteiger partial charge in [0.2, 0.25) is 0 Å². The Morgan fingerprint density at radius 1 is 1.10 bits per heavy atom. The van der Waals surface area contributed by atoms with Crippen molar-refractivity contribution in [3.8, 4) is 11.3 Å². The van der Waals surface area contributed by atoms with Gasteiger partial charge in [-0.3, -0.25) is 0 Å². The number of rotatable bonds is 1. The summed E-state index contributed by atoms with van der Waals surface area (Å²) in [7, 11) is 0. The summed E-state index contributed by atoms with van der Waals surface area (Å²) in [6.45, 7) is 0. The number of para-hydroxylation sites is 1. The molecule has 2 aromatic heterocycles. The zero-order valence-electron chi connectivity index (χ0n) is 10.2. The van der Waals surface area contributed by atoms with Gasteiger partial charge in [0.15, 0.2) is 0 Å². The van der Waals surface area contributed by atoms with E-state index in [1.165, 1.54) is 12.3 Å². The largest absolute Gasteiger partial charge is 0.418 e. The number of pyridine rings is 1. The molecule has 6 heteroatoms. The van der Waals surface area contributed by atoms with Crippen LogP contribution in [0.25, 0.3) is 22.2 Å². The minimum atomic E-state index is -4.39. The van der Waals surface area contributed by atoms with E-state index in [9.17, 15) is 13.2 Å². The van der Waals surface area contributed by atoms with E-state index >= 15 is 0 Å². The first-order chi connectivity index (χ1) is 9.45. The van der Waals surface area contributed by atoms with E-state index in [1.807, 2.05) is 0 Å². The van der Waals surface area contributed by atoms with Gasteiger partial charge in [-0.15, -0.1) is 0 Å². The molecule has 0 amide bonds. The molecule has 0 unspecified atom stereocenters. The standard InChI is InChI=1S/C14H10F3N3/c15-14(16,17)10-3-1-2-8-6-11(20-13(8)10)9-4-5-12(18)19-7-9/h1-7,20H,(H2,18,19). The number of H-pyrrole nitrogens is 1. The Hall–Kier alpha value is -2.50. The van der Waals surface area contributed by atoms with Gasteiger partial charge in [0.05, 0.1) is 11.1 Å². The van der Waals surface area contributed by atoms with Crippen LogP contribution in [0.5, 0.6) is 0 Å². The number of hydrogen-bond donors (Lipinski definition) is 2. The summed E-state index contributed by atoms with van der Waals surface area (Å²) in [4.78, 5) is 6.74. The maximum absolute atomic E-state index is 12.9. The van der Waals surface area contributed by atoms with Gasteiger partial charge >= 0.3 is 6.18 Å². The van der Waals surface area contributed by atoms with E-state index in [-0.39, 0.29) is 5.52 Å². The normalized spacial score (nSPS) is 11.9. The number of nitrogens with one attached hydrogen (secondary N) is 1. The third-order valence-electron chi connectivity index (χ3n) is 3.06. The molecule has 0 aliphatic carbocycles. The summed E-state index contributed by atoms with van der Waals surface area (Å²) >= 11 is 0. The molecule has 3 nitrogen and oxygen atoms in total. The Balaban J connectivity index is 2.18. The third kappa shape index (κ3) is 2.09. The Bertz CT molecular complexity index is 757. The minimum Gasteiger partial charge on any atom is -0.384 e. The SMILES string of the molecule is Nc1ccc(-c2cc3cccc(C(F)(F)F)c3[nH]2)cn1. The van der Waals surface area contributed by atoms with E-state index in [4.69, 9.17) is 5.73 Å². The summed E-state index contributed by atoms with van der Waals surface area (Å²) < 4.78 is 38.8. The lowest BCUT2D eigenvalue weighted by molar-refractivity contribution is -0.136.